The van der Waals surface area contributed by atoms with Crippen molar-refractivity contribution in [1.29, 1.82) is 0 Å². The largest absolute Gasteiger partial charge is 0.344 e. The number of anilines is 2. The van der Waals surface area contributed by atoms with Gasteiger partial charge in [-0.1, -0.05) is 39.7 Å². The first-order valence-corrected chi connectivity index (χ1v) is 7.09. The minimum atomic E-state index is 0.513. The smallest absolute Gasteiger partial charge is 0.0494 e. The molecule has 2 aromatic rings. The number of halogens is 2. The van der Waals surface area contributed by atoms with Crippen LogP contribution in [-0.2, 0) is 5.88 Å². The van der Waals surface area contributed by atoms with E-state index in [1.54, 1.807) is 0 Å². The van der Waals surface area contributed by atoms with Gasteiger partial charge in [-0.15, -0.1) is 11.6 Å². The quantitative estimate of drug-likeness (QED) is 0.696. The molecule has 0 aliphatic carbocycles. The summed E-state index contributed by atoms with van der Waals surface area (Å²) in [4.78, 5) is 2.15. The van der Waals surface area contributed by atoms with E-state index in [4.69, 9.17) is 11.6 Å². The fourth-order valence-corrected chi connectivity index (χ4v) is 2.44. The highest BCUT2D eigenvalue weighted by atomic mass is 79.9. The Hall–Kier alpha value is -0.990. The van der Waals surface area contributed by atoms with E-state index in [9.17, 15) is 0 Å². The van der Waals surface area contributed by atoms with Crippen molar-refractivity contribution in [1.82, 2.24) is 0 Å². The molecule has 0 saturated heterocycles. The second-order valence-electron chi connectivity index (χ2n) is 4.30. The lowest BCUT2D eigenvalue weighted by molar-refractivity contribution is 1.17. The van der Waals surface area contributed by atoms with Crippen LogP contribution in [0.3, 0.4) is 0 Å². The van der Waals surface area contributed by atoms with Gasteiger partial charge in [0.1, 0.15) is 0 Å². The minimum Gasteiger partial charge on any atom is -0.344 e. The zero-order valence-corrected chi connectivity index (χ0v) is 12.8. The molecule has 0 amide bonds. The molecule has 2 rings (SSSR count). The number of aryl methyl sites for hydroxylation is 1. The molecule has 0 aromatic heterocycles. The first-order chi connectivity index (χ1) is 8.61. The van der Waals surface area contributed by atoms with Crippen molar-refractivity contribution in [3.8, 4) is 0 Å². The molecule has 2 aromatic carbocycles. The Kier molecular flexibility index (Phi) is 4.31. The molecule has 0 bridgehead atoms. The maximum Gasteiger partial charge on any atom is 0.0494 e. The highest BCUT2D eigenvalue weighted by molar-refractivity contribution is 9.10. The molecule has 18 heavy (non-hydrogen) atoms. The van der Waals surface area contributed by atoms with Crippen molar-refractivity contribution in [2.75, 3.05) is 11.9 Å². The van der Waals surface area contributed by atoms with Gasteiger partial charge in [0.05, 0.1) is 0 Å². The predicted molar refractivity (Wildman–Crippen MR) is 82.9 cm³/mol. The lowest BCUT2D eigenvalue weighted by Gasteiger charge is -2.22. The maximum atomic E-state index is 6.00. The Balaban J connectivity index is 2.41. The van der Waals surface area contributed by atoms with Crippen LogP contribution in [0, 0.1) is 6.92 Å². The number of benzene rings is 2. The molecule has 1 nitrogen and oxygen atoms in total. The summed E-state index contributed by atoms with van der Waals surface area (Å²) in [5.41, 5.74) is 4.68. The lowest BCUT2D eigenvalue weighted by Crippen LogP contribution is -2.11. The summed E-state index contributed by atoms with van der Waals surface area (Å²) in [6.07, 6.45) is 0. The van der Waals surface area contributed by atoms with E-state index in [2.05, 4.69) is 71.2 Å². The number of hydrogen-bond donors (Lipinski definition) is 0. The van der Waals surface area contributed by atoms with Crippen LogP contribution in [-0.4, -0.2) is 7.05 Å². The standard InChI is InChI=1S/C15H15BrClN/c1-11-3-7-14(8-4-11)18(2)15-9-13(16)6-5-12(15)10-17/h3-9H,10H2,1-2H3. The van der Waals surface area contributed by atoms with Gasteiger partial charge in [0.15, 0.2) is 0 Å². The summed E-state index contributed by atoms with van der Waals surface area (Å²) in [5, 5.41) is 0. The van der Waals surface area contributed by atoms with E-state index in [1.807, 2.05) is 6.07 Å². The number of hydrogen-bond acceptors (Lipinski definition) is 1. The molecule has 0 atom stereocenters. The van der Waals surface area contributed by atoms with Crippen molar-refractivity contribution in [2.24, 2.45) is 0 Å². The van der Waals surface area contributed by atoms with E-state index >= 15 is 0 Å². The first-order valence-electron chi connectivity index (χ1n) is 5.76. The second kappa shape index (κ2) is 5.77. The van der Waals surface area contributed by atoms with Crippen molar-refractivity contribution in [2.45, 2.75) is 12.8 Å². The Labute approximate surface area is 122 Å². The van der Waals surface area contributed by atoms with Crippen LogP contribution in [0.2, 0.25) is 0 Å². The third-order valence-corrected chi connectivity index (χ3v) is 3.76. The van der Waals surface area contributed by atoms with Crippen LogP contribution in [0.5, 0.6) is 0 Å². The molecule has 0 unspecified atom stereocenters. The molecule has 0 radical (unpaired) electrons. The van der Waals surface area contributed by atoms with Crippen LogP contribution in [0.15, 0.2) is 46.9 Å². The highest BCUT2D eigenvalue weighted by Gasteiger charge is 2.09. The van der Waals surface area contributed by atoms with Crippen LogP contribution < -0.4 is 4.90 Å². The van der Waals surface area contributed by atoms with Gasteiger partial charge >= 0.3 is 0 Å². The highest BCUT2D eigenvalue weighted by Crippen LogP contribution is 2.30. The molecule has 0 N–H and O–H groups in total. The van der Waals surface area contributed by atoms with Crippen molar-refractivity contribution in [3.05, 3.63) is 58.1 Å². The summed E-state index contributed by atoms with van der Waals surface area (Å²) < 4.78 is 1.06. The summed E-state index contributed by atoms with van der Waals surface area (Å²) >= 11 is 9.51. The van der Waals surface area contributed by atoms with Crippen molar-refractivity contribution < 1.29 is 0 Å². The zero-order chi connectivity index (χ0) is 13.1. The number of nitrogens with zero attached hydrogens (tertiary/aromatic N) is 1. The zero-order valence-electron chi connectivity index (χ0n) is 10.5. The molecular formula is C15H15BrClN. The first kappa shape index (κ1) is 13.4. The summed E-state index contributed by atoms with van der Waals surface area (Å²) in [6, 6.07) is 14.6. The number of alkyl halides is 1. The van der Waals surface area contributed by atoms with Gasteiger partial charge in [-0.05, 0) is 36.8 Å². The third kappa shape index (κ3) is 2.88. The van der Waals surface area contributed by atoms with Crippen molar-refractivity contribution in [3.63, 3.8) is 0 Å². The van der Waals surface area contributed by atoms with E-state index in [1.165, 1.54) is 5.56 Å². The average Bonchev–Trinajstić information content (AvgIpc) is 2.39. The molecular weight excluding hydrogens is 310 g/mol. The summed E-state index contributed by atoms with van der Waals surface area (Å²) in [6.45, 7) is 2.09. The average molecular weight is 325 g/mol. The third-order valence-electron chi connectivity index (χ3n) is 2.97. The molecule has 3 heteroatoms. The van der Waals surface area contributed by atoms with Crippen LogP contribution in [0.25, 0.3) is 0 Å². The maximum absolute atomic E-state index is 6.00. The molecule has 94 valence electrons. The topological polar surface area (TPSA) is 3.24 Å². The SMILES string of the molecule is Cc1ccc(N(C)c2cc(Br)ccc2CCl)cc1. The molecule has 0 aliphatic heterocycles. The fourth-order valence-electron chi connectivity index (χ4n) is 1.87. The lowest BCUT2D eigenvalue weighted by atomic mass is 10.1. The van der Waals surface area contributed by atoms with Crippen LogP contribution in [0.4, 0.5) is 11.4 Å². The van der Waals surface area contributed by atoms with Gasteiger partial charge in [-0.3, -0.25) is 0 Å². The molecule has 0 aliphatic rings. The summed E-state index contributed by atoms with van der Waals surface area (Å²) in [7, 11) is 2.06. The van der Waals surface area contributed by atoms with E-state index in [0.29, 0.717) is 5.88 Å². The van der Waals surface area contributed by atoms with Gasteiger partial charge in [0.2, 0.25) is 0 Å². The molecule has 0 fully saturated rings. The normalized spacial score (nSPS) is 10.4. The van der Waals surface area contributed by atoms with Gasteiger partial charge in [0, 0.05) is 28.8 Å². The van der Waals surface area contributed by atoms with E-state index in [0.717, 1.165) is 21.4 Å². The summed E-state index contributed by atoms with van der Waals surface area (Å²) in [5.74, 6) is 0.513. The van der Waals surface area contributed by atoms with Crippen LogP contribution in [0.1, 0.15) is 11.1 Å². The monoisotopic (exact) mass is 323 g/mol. The Bertz CT molecular complexity index is 537. The van der Waals surface area contributed by atoms with Crippen LogP contribution >= 0.6 is 27.5 Å². The fraction of sp³-hybridized carbons (Fsp3) is 0.200. The Morgan fingerprint density at radius 1 is 1.11 bits per heavy atom. The van der Waals surface area contributed by atoms with Crippen molar-refractivity contribution >= 4 is 38.9 Å². The van der Waals surface area contributed by atoms with Gasteiger partial charge < -0.3 is 4.90 Å². The molecule has 0 saturated carbocycles. The molecule has 0 heterocycles. The van der Waals surface area contributed by atoms with Gasteiger partial charge in [-0.25, -0.2) is 0 Å². The Morgan fingerprint density at radius 3 is 2.39 bits per heavy atom. The number of rotatable bonds is 3. The minimum absolute atomic E-state index is 0.513. The van der Waals surface area contributed by atoms with E-state index in [-0.39, 0.29) is 0 Å². The second-order valence-corrected chi connectivity index (χ2v) is 5.48. The van der Waals surface area contributed by atoms with E-state index < -0.39 is 0 Å². The van der Waals surface area contributed by atoms with Gasteiger partial charge in [0.25, 0.3) is 0 Å². The predicted octanol–water partition coefficient (Wildman–Crippen LogP) is 5.26. The molecule has 0 spiro atoms. The Morgan fingerprint density at radius 2 is 1.78 bits per heavy atom. The van der Waals surface area contributed by atoms with Gasteiger partial charge in [-0.2, -0.15) is 0 Å².